The van der Waals surface area contributed by atoms with Gasteiger partial charge in [0, 0.05) is 17.8 Å². The van der Waals surface area contributed by atoms with Gasteiger partial charge in [-0.1, -0.05) is 30.3 Å². The van der Waals surface area contributed by atoms with Crippen LogP contribution in [0.4, 0.5) is 0 Å². The summed E-state index contributed by atoms with van der Waals surface area (Å²) in [5.74, 6) is 1.73. The van der Waals surface area contributed by atoms with Crippen molar-refractivity contribution in [3.63, 3.8) is 0 Å². The summed E-state index contributed by atoms with van der Waals surface area (Å²) in [6.07, 6.45) is 6.80. The Hall–Kier alpha value is -2.51. The van der Waals surface area contributed by atoms with Crippen LogP contribution in [0.1, 0.15) is 35.7 Å². The van der Waals surface area contributed by atoms with E-state index in [1.54, 1.807) is 11.3 Å². The number of fused-ring (bicyclic) bond motifs is 1. The predicted octanol–water partition coefficient (Wildman–Crippen LogP) is 2.65. The maximum Gasteiger partial charge on any atom is 0.193 e. The molecule has 0 bridgehead atoms. The van der Waals surface area contributed by atoms with E-state index in [0.29, 0.717) is 13.0 Å². The van der Waals surface area contributed by atoms with Crippen molar-refractivity contribution >= 4 is 16.3 Å². The van der Waals surface area contributed by atoms with Crippen LogP contribution in [0.25, 0.3) is 4.96 Å². The summed E-state index contributed by atoms with van der Waals surface area (Å²) in [7, 11) is 0. The Morgan fingerprint density at radius 3 is 2.73 bits per heavy atom. The molecule has 26 heavy (non-hydrogen) atoms. The minimum Gasteiger partial charge on any atom is -0.394 e. The Morgan fingerprint density at radius 2 is 2.00 bits per heavy atom. The lowest BCUT2D eigenvalue weighted by molar-refractivity contribution is 0.267. The molecular formula is C19H19N5OS. The fourth-order valence-corrected chi connectivity index (χ4v) is 4.25. The molecule has 0 atom stereocenters. The highest BCUT2D eigenvalue weighted by Gasteiger charge is 2.49. The number of thiazole rings is 1. The first-order valence-electron chi connectivity index (χ1n) is 8.80. The molecule has 0 aliphatic heterocycles. The number of aliphatic hydroxyl groups is 1. The van der Waals surface area contributed by atoms with Crippen molar-refractivity contribution in [2.24, 2.45) is 0 Å². The molecule has 1 aliphatic rings. The van der Waals surface area contributed by atoms with E-state index in [4.69, 9.17) is 10.1 Å². The minimum atomic E-state index is -0.0642. The number of nitrogens with zero attached hydrogens (tertiary/aromatic N) is 5. The van der Waals surface area contributed by atoms with Gasteiger partial charge in [0.1, 0.15) is 5.82 Å². The van der Waals surface area contributed by atoms with E-state index in [1.807, 2.05) is 32.9 Å². The molecular weight excluding hydrogens is 346 g/mol. The molecule has 5 rings (SSSR count). The molecule has 1 saturated carbocycles. The zero-order valence-corrected chi connectivity index (χ0v) is 15.1. The van der Waals surface area contributed by atoms with Crippen molar-refractivity contribution in [3.05, 3.63) is 71.0 Å². The number of hydrogen-bond acceptors (Lipinski definition) is 5. The first-order valence-corrected chi connectivity index (χ1v) is 9.68. The van der Waals surface area contributed by atoms with Gasteiger partial charge in [-0.05, 0) is 18.4 Å². The maximum atomic E-state index is 9.43. The third-order valence-electron chi connectivity index (χ3n) is 5.05. The molecule has 0 spiro atoms. The molecule has 1 aliphatic carbocycles. The zero-order chi connectivity index (χ0) is 17.6. The van der Waals surface area contributed by atoms with Crippen LogP contribution in [-0.2, 0) is 18.4 Å². The smallest absolute Gasteiger partial charge is 0.193 e. The number of imidazole rings is 1. The number of aliphatic hydroxyl groups excluding tert-OH is 1. The third kappa shape index (κ3) is 2.55. The second-order valence-corrected chi connectivity index (χ2v) is 7.62. The molecule has 0 unspecified atom stereocenters. The lowest BCUT2D eigenvalue weighted by Gasteiger charge is -2.11. The standard InChI is InChI=1S/C19H19N5OS/c25-10-8-24-16(12-15-13-23-9-11-26-18(23)20-15)21-17(22-24)19(6-7-19)14-4-2-1-3-5-14/h1-5,9,11,13,25H,6-8,10,12H2. The fraction of sp³-hybridized carbons (Fsp3) is 0.316. The van der Waals surface area contributed by atoms with Gasteiger partial charge in [-0.2, -0.15) is 5.10 Å². The maximum absolute atomic E-state index is 9.43. The first kappa shape index (κ1) is 15.7. The fourth-order valence-electron chi connectivity index (χ4n) is 3.53. The van der Waals surface area contributed by atoms with Gasteiger partial charge in [-0.25, -0.2) is 14.6 Å². The molecule has 0 saturated heterocycles. The van der Waals surface area contributed by atoms with Crippen LogP contribution in [0.15, 0.2) is 48.1 Å². The normalized spacial score (nSPS) is 15.6. The zero-order valence-electron chi connectivity index (χ0n) is 14.2. The highest BCUT2D eigenvalue weighted by Crippen LogP contribution is 2.52. The van der Waals surface area contributed by atoms with E-state index in [2.05, 4.69) is 29.2 Å². The average Bonchev–Trinajstić information content (AvgIpc) is 2.96. The second kappa shape index (κ2) is 6.03. The Kier molecular flexibility index (Phi) is 3.65. The van der Waals surface area contributed by atoms with E-state index in [-0.39, 0.29) is 12.0 Å². The quantitative estimate of drug-likeness (QED) is 0.570. The van der Waals surface area contributed by atoms with Crippen LogP contribution >= 0.6 is 11.3 Å². The molecule has 1 fully saturated rings. The molecule has 6 nitrogen and oxygen atoms in total. The highest BCUT2D eigenvalue weighted by molar-refractivity contribution is 7.15. The van der Waals surface area contributed by atoms with E-state index >= 15 is 0 Å². The molecule has 4 aromatic rings. The second-order valence-electron chi connectivity index (χ2n) is 6.75. The largest absolute Gasteiger partial charge is 0.394 e. The number of benzene rings is 1. The van der Waals surface area contributed by atoms with Crippen molar-refractivity contribution in [3.8, 4) is 0 Å². The van der Waals surface area contributed by atoms with Crippen molar-refractivity contribution in [2.75, 3.05) is 6.61 Å². The Labute approximate surface area is 154 Å². The molecule has 1 aromatic carbocycles. The summed E-state index contributed by atoms with van der Waals surface area (Å²) >= 11 is 1.62. The molecule has 132 valence electrons. The summed E-state index contributed by atoms with van der Waals surface area (Å²) in [4.78, 5) is 10.5. The van der Waals surface area contributed by atoms with Crippen LogP contribution < -0.4 is 0 Å². The van der Waals surface area contributed by atoms with Crippen molar-refractivity contribution < 1.29 is 5.11 Å². The SMILES string of the molecule is OCCn1nc(C2(c3ccccc3)CC2)nc1Cc1cn2ccsc2n1. The Balaban J connectivity index is 1.50. The van der Waals surface area contributed by atoms with Gasteiger partial charge in [0.15, 0.2) is 10.8 Å². The minimum absolute atomic E-state index is 0.0480. The van der Waals surface area contributed by atoms with E-state index in [9.17, 15) is 5.11 Å². The topological polar surface area (TPSA) is 68.2 Å². The molecule has 3 aromatic heterocycles. The predicted molar refractivity (Wildman–Crippen MR) is 99.4 cm³/mol. The summed E-state index contributed by atoms with van der Waals surface area (Å²) in [6.45, 7) is 0.502. The molecule has 3 heterocycles. The van der Waals surface area contributed by atoms with Crippen LogP contribution in [0, 0.1) is 0 Å². The lowest BCUT2D eigenvalue weighted by atomic mass is 9.95. The lowest BCUT2D eigenvalue weighted by Crippen LogP contribution is -2.12. The van der Waals surface area contributed by atoms with Crippen molar-refractivity contribution in [1.29, 1.82) is 0 Å². The van der Waals surface area contributed by atoms with Gasteiger partial charge < -0.3 is 5.11 Å². The van der Waals surface area contributed by atoms with Crippen molar-refractivity contribution in [1.82, 2.24) is 24.1 Å². The Bertz CT molecular complexity index is 1020. The van der Waals surface area contributed by atoms with E-state index < -0.39 is 0 Å². The van der Waals surface area contributed by atoms with E-state index in [0.717, 1.165) is 35.1 Å². The number of hydrogen-bond donors (Lipinski definition) is 1. The molecule has 1 N–H and O–H groups in total. The van der Waals surface area contributed by atoms with Gasteiger partial charge in [0.05, 0.1) is 30.7 Å². The van der Waals surface area contributed by atoms with Gasteiger partial charge in [0.25, 0.3) is 0 Å². The average molecular weight is 365 g/mol. The summed E-state index contributed by atoms with van der Waals surface area (Å²) < 4.78 is 3.87. The summed E-state index contributed by atoms with van der Waals surface area (Å²) in [5.41, 5.74) is 2.18. The van der Waals surface area contributed by atoms with E-state index in [1.165, 1.54) is 5.56 Å². The molecule has 0 amide bonds. The van der Waals surface area contributed by atoms with Gasteiger partial charge in [-0.3, -0.25) is 4.40 Å². The van der Waals surface area contributed by atoms with Gasteiger partial charge in [-0.15, -0.1) is 11.3 Å². The van der Waals surface area contributed by atoms with Crippen molar-refractivity contribution in [2.45, 2.75) is 31.2 Å². The molecule has 7 heteroatoms. The first-order chi connectivity index (χ1) is 12.8. The monoisotopic (exact) mass is 365 g/mol. The van der Waals surface area contributed by atoms with Gasteiger partial charge >= 0.3 is 0 Å². The van der Waals surface area contributed by atoms with Crippen LogP contribution in [0.5, 0.6) is 0 Å². The highest BCUT2D eigenvalue weighted by atomic mass is 32.1. The summed E-state index contributed by atoms with van der Waals surface area (Å²) in [5, 5.41) is 16.2. The molecule has 0 radical (unpaired) electrons. The van der Waals surface area contributed by atoms with Crippen LogP contribution in [0.2, 0.25) is 0 Å². The number of aromatic nitrogens is 5. The van der Waals surface area contributed by atoms with Crippen LogP contribution in [-0.4, -0.2) is 35.9 Å². The summed E-state index contributed by atoms with van der Waals surface area (Å²) in [6, 6.07) is 10.5. The van der Waals surface area contributed by atoms with Crippen LogP contribution in [0.3, 0.4) is 0 Å². The van der Waals surface area contributed by atoms with Gasteiger partial charge in [0.2, 0.25) is 0 Å². The number of rotatable bonds is 6. The Morgan fingerprint density at radius 1 is 1.15 bits per heavy atom. The third-order valence-corrected chi connectivity index (χ3v) is 5.82.